The Hall–Kier alpha value is -7.06. The van der Waals surface area contributed by atoms with Crippen LogP contribution >= 0.6 is 11.6 Å². The van der Waals surface area contributed by atoms with Crippen molar-refractivity contribution in [1.29, 1.82) is 0 Å². The van der Waals surface area contributed by atoms with Crippen LogP contribution in [0.15, 0.2) is 18.2 Å². The highest BCUT2D eigenvalue weighted by Crippen LogP contribution is 2.39. The number of aryl methyl sites for hydroxylation is 1. The molecule has 1 aromatic rings. The molecule has 6 fully saturated rings. The number of likely N-dealkylation sites (tertiary alicyclic amines) is 1. The molecule has 3 saturated carbocycles. The summed E-state index contributed by atoms with van der Waals surface area (Å²) < 4.78 is 41.6. The summed E-state index contributed by atoms with van der Waals surface area (Å²) in [6, 6.07) is -5.53. The highest BCUT2D eigenvalue weighted by atomic mass is 35.5. The number of amides is 12. The van der Waals surface area contributed by atoms with E-state index < -0.39 is 173 Å². The molecule has 6 aliphatic rings. The van der Waals surface area contributed by atoms with Crippen molar-refractivity contribution in [3.8, 4) is 0 Å². The van der Waals surface area contributed by atoms with Crippen LogP contribution in [0.3, 0.4) is 0 Å². The Morgan fingerprint density at radius 2 is 1.19 bits per heavy atom. The summed E-state index contributed by atoms with van der Waals surface area (Å²) in [5.74, 6) is -8.77. The molecule has 0 aromatic heterocycles. The van der Waals surface area contributed by atoms with E-state index in [1.165, 1.54) is 79.9 Å². The number of halogens is 4. The van der Waals surface area contributed by atoms with Gasteiger partial charge in [-0.2, -0.15) is 13.2 Å². The molecule has 24 nitrogen and oxygen atoms in total. The molecule has 1 spiro atoms. The van der Waals surface area contributed by atoms with Crippen molar-refractivity contribution >= 4 is 82.5 Å². The van der Waals surface area contributed by atoms with Gasteiger partial charge in [-0.15, -0.1) is 0 Å². The maximum absolute atomic E-state index is 15.8. The van der Waals surface area contributed by atoms with Gasteiger partial charge in [0.05, 0.1) is 36.6 Å². The number of alkyl halides is 3. The number of carbonyl (C=O) groups excluding carboxylic acids is 12. The fourth-order valence-electron chi connectivity index (χ4n) is 15.7. The highest BCUT2D eigenvalue weighted by molar-refractivity contribution is 6.31. The van der Waals surface area contributed by atoms with Gasteiger partial charge in [0.25, 0.3) is 0 Å². The van der Waals surface area contributed by atoms with Gasteiger partial charge in [-0.25, -0.2) is 0 Å². The molecule has 1 aromatic carbocycles. The average molecular weight is 1430 g/mol. The number of carbonyl (C=O) groups is 12. The second-order valence-electron chi connectivity index (χ2n) is 30.0. The molecule has 3 saturated heterocycles. The summed E-state index contributed by atoms with van der Waals surface area (Å²) in [4.78, 5) is 191. The lowest BCUT2D eigenvalue weighted by atomic mass is 9.81. The first-order chi connectivity index (χ1) is 47.2. The summed E-state index contributed by atoms with van der Waals surface area (Å²) in [6.07, 6.45) is 6.71. The molecule has 28 heteroatoms. The van der Waals surface area contributed by atoms with Crippen LogP contribution in [0.25, 0.3) is 0 Å². The Balaban J connectivity index is 1.28. The van der Waals surface area contributed by atoms with Crippen molar-refractivity contribution < 1.29 is 70.7 Å². The summed E-state index contributed by atoms with van der Waals surface area (Å²) in [5, 5.41) is 8.14. The Labute approximate surface area is 593 Å². The van der Waals surface area contributed by atoms with Crippen LogP contribution in [0.1, 0.15) is 187 Å². The van der Waals surface area contributed by atoms with E-state index in [0.29, 0.717) is 63.6 Å². The molecule has 100 heavy (non-hydrogen) atoms. The van der Waals surface area contributed by atoms with Crippen LogP contribution in [0.2, 0.25) is 5.02 Å². The number of hydrogen-bond donors (Lipinski definition) is 3. The third-order valence-electron chi connectivity index (χ3n) is 21.8. The molecule has 3 aliphatic carbocycles. The summed E-state index contributed by atoms with van der Waals surface area (Å²) in [5.41, 5.74) is -2.33. The minimum absolute atomic E-state index is 0.0203. The zero-order valence-corrected chi connectivity index (χ0v) is 61.5. The largest absolute Gasteiger partial charge is 0.417 e. The summed E-state index contributed by atoms with van der Waals surface area (Å²) >= 11 is 6.16. The predicted octanol–water partition coefficient (Wildman–Crippen LogP) is 6.03. The van der Waals surface area contributed by atoms with Crippen molar-refractivity contribution in [1.82, 2.24) is 60.0 Å². The standard InChI is InChI=1S/C72H110ClF3N12O12/c1-45(2)38-54-63(93)78-61(46(3)4)68(98)82(7)43-59(91)80(5)44-60(92)84(9)55(40-47-24-15-12-16-25-47)66(96)81(6)42-57(89)77-52(32-30-48-29-31-50(51(73)39-48)72(74,75)76)65(95)88-37-23-28-53(88)64(94)79-71(33-19-20-34-71)70(100)86(11)62(49-26-17-13-18-27-49)69(99)85(10)56(41-58(90)83(54)8)67(97)87-35-21-14-22-36-87/h29,31,39,45-47,49,52-56,61-62H,12-28,30,32-38,40-44H2,1-11H3,(H,77,89)(H,78,93)(H,79,94)/t52-,53?,54-,55-,56-,61-,62-/m0/s1. The molecule has 3 N–H and O–H groups in total. The van der Waals surface area contributed by atoms with Crippen LogP contribution in [0.5, 0.6) is 0 Å². The topological polar surface area (TPSA) is 270 Å². The Kier molecular flexibility index (Phi) is 28.7. The van der Waals surface area contributed by atoms with Crippen LogP contribution in [0.4, 0.5) is 13.2 Å². The number of rotatable bonds is 10. The maximum atomic E-state index is 15.8. The number of fused-ring (bicyclic) bond motifs is 1. The first-order valence-corrected chi connectivity index (χ1v) is 36.7. The number of hydrogen-bond acceptors (Lipinski definition) is 12. The number of piperidine rings is 1. The minimum Gasteiger partial charge on any atom is -0.343 e. The van der Waals surface area contributed by atoms with Crippen LogP contribution in [0, 0.1) is 23.7 Å². The number of nitrogens with zero attached hydrogens (tertiary/aromatic N) is 9. The number of benzene rings is 1. The lowest BCUT2D eigenvalue weighted by Gasteiger charge is -2.43. The van der Waals surface area contributed by atoms with E-state index in [4.69, 9.17) is 11.6 Å². The summed E-state index contributed by atoms with van der Waals surface area (Å²) in [6.45, 7) is 6.27. The van der Waals surface area contributed by atoms with E-state index in [0.717, 1.165) is 84.6 Å². The zero-order chi connectivity index (χ0) is 73.7. The van der Waals surface area contributed by atoms with Crippen molar-refractivity contribution in [3.05, 3.63) is 34.3 Å². The normalized spacial score (nSPS) is 26.7. The van der Waals surface area contributed by atoms with Crippen molar-refractivity contribution in [2.45, 2.75) is 236 Å². The van der Waals surface area contributed by atoms with E-state index in [1.54, 1.807) is 18.7 Å². The lowest BCUT2D eigenvalue weighted by Crippen LogP contribution is -2.65. The molecular formula is C72H110ClF3N12O12. The van der Waals surface area contributed by atoms with E-state index in [9.17, 15) is 41.9 Å². The van der Waals surface area contributed by atoms with Crippen LogP contribution < -0.4 is 16.0 Å². The van der Waals surface area contributed by atoms with E-state index in [2.05, 4.69) is 16.0 Å². The van der Waals surface area contributed by atoms with Crippen molar-refractivity contribution in [2.24, 2.45) is 23.7 Å². The molecule has 558 valence electrons. The molecule has 3 heterocycles. The first kappa shape index (κ1) is 80.3. The molecule has 0 bridgehead atoms. The minimum atomic E-state index is -4.76. The van der Waals surface area contributed by atoms with Crippen LogP contribution in [-0.4, -0.2) is 251 Å². The average Bonchev–Trinajstić information content (AvgIpc) is 1.54. The van der Waals surface area contributed by atoms with E-state index >= 15 is 28.8 Å². The molecule has 3 aliphatic heterocycles. The zero-order valence-electron chi connectivity index (χ0n) is 60.7. The smallest absolute Gasteiger partial charge is 0.343 e. The van der Waals surface area contributed by atoms with Gasteiger partial charge >= 0.3 is 6.18 Å². The van der Waals surface area contributed by atoms with Gasteiger partial charge in [-0.05, 0) is 125 Å². The second-order valence-corrected chi connectivity index (χ2v) is 30.4. The Morgan fingerprint density at radius 1 is 0.600 bits per heavy atom. The van der Waals surface area contributed by atoms with Crippen molar-refractivity contribution in [3.63, 3.8) is 0 Å². The Bertz CT molecular complexity index is 3110. The van der Waals surface area contributed by atoms with Crippen molar-refractivity contribution in [2.75, 3.05) is 88.6 Å². The quantitative estimate of drug-likeness (QED) is 0.242. The SMILES string of the molecule is CC(C)C[C@H]1C(=O)N[C@@H](C(C)C)C(=O)N(C)CC(=O)N(C)CC(=O)N(C)[C@@H](CC2CCCCC2)C(=O)N(C)CC(=O)N[C@@H](CCc2ccc(C(F)(F)F)c(Cl)c2)C(=O)N2CCCC2C(=O)NC2(CCCC2)C(=O)N(C)[C@@H](C2CCCCC2)C(=O)N(C)[C@H](C(=O)N2CCCCC2)CC(=O)N1C. The van der Waals surface area contributed by atoms with Crippen LogP contribution in [-0.2, 0) is 70.1 Å². The fourth-order valence-corrected chi connectivity index (χ4v) is 16.0. The van der Waals surface area contributed by atoms with Gasteiger partial charge in [0.15, 0.2) is 0 Å². The van der Waals surface area contributed by atoms with Gasteiger partial charge in [0.1, 0.15) is 47.8 Å². The summed E-state index contributed by atoms with van der Waals surface area (Å²) in [7, 11) is 9.99. The Morgan fingerprint density at radius 3 is 1.79 bits per heavy atom. The molecule has 7 atom stereocenters. The van der Waals surface area contributed by atoms with E-state index in [1.807, 2.05) is 13.8 Å². The molecule has 1 unspecified atom stereocenters. The van der Waals surface area contributed by atoms with E-state index in [-0.39, 0.29) is 63.3 Å². The second kappa shape index (κ2) is 35.7. The van der Waals surface area contributed by atoms with Gasteiger partial charge < -0.3 is 60.0 Å². The number of likely N-dealkylation sites (N-methyl/N-ethyl adjacent to an activating group) is 7. The number of nitrogens with one attached hydrogen (secondary N) is 3. The molecule has 12 amide bonds. The maximum Gasteiger partial charge on any atom is 0.417 e. The van der Waals surface area contributed by atoms with Gasteiger partial charge in [0.2, 0.25) is 70.9 Å². The third kappa shape index (κ3) is 20.2. The highest BCUT2D eigenvalue weighted by Gasteiger charge is 2.51. The lowest BCUT2D eigenvalue weighted by molar-refractivity contribution is -0.157. The molecule has 0 radical (unpaired) electrons. The van der Waals surface area contributed by atoms with Gasteiger partial charge in [0, 0.05) is 69.0 Å². The monoisotopic (exact) mass is 1430 g/mol. The third-order valence-corrected chi connectivity index (χ3v) is 22.1. The molecule has 7 rings (SSSR count). The predicted molar refractivity (Wildman–Crippen MR) is 369 cm³/mol. The van der Waals surface area contributed by atoms with Gasteiger partial charge in [-0.1, -0.05) is 110 Å². The van der Waals surface area contributed by atoms with Gasteiger partial charge in [-0.3, -0.25) is 57.5 Å². The fraction of sp³-hybridized carbons (Fsp3) is 0.750. The first-order valence-electron chi connectivity index (χ1n) is 36.3. The molecular weight excluding hydrogens is 1320 g/mol.